The summed E-state index contributed by atoms with van der Waals surface area (Å²) in [7, 11) is -10.7. The quantitative estimate of drug-likeness (QED) is 0.166. The average Bonchev–Trinajstić information content (AvgIpc) is 2.82. The second kappa shape index (κ2) is 12.9. The molecule has 42 heavy (non-hydrogen) atoms. The predicted molar refractivity (Wildman–Crippen MR) is 123 cm³/mol. The highest BCUT2D eigenvalue weighted by molar-refractivity contribution is 7.66. The Labute approximate surface area is 229 Å². The molecule has 0 bridgehead atoms. The van der Waals surface area contributed by atoms with Crippen molar-refractivity contribution in [1.82, 2.24) is 0 Å². The van der Waals surface area contributed by atoms with Crippen LogP contribution in [0.3, 0.4) is 0 Å². The highest BCUT2D eigenvalue weighted by Crippen LogP contribution is 2.49. The maximum absolute atomic E-state index is 13.3. The van der Waals surface area contributed by atoms with Gasteiger partial charge in [0.15, 0.2) is 0 Å². The van der Waals surface area contributed by atoms with Gasteiger partial charge in [-0.2, -0.15) is 52.7 Å². The molecule has 6 nitrogen and oxygen atoms in total. The van der Waals surface area contributed by atoms with E-state index < -0.39 is 111 Å². The molecule has 0 fully saturated rings. The molecule has 2 rings (SSSR count). The van der Waals surface area contributed by atoms with Crippen molar-refractivity contribution in [3.63, 3.8) is 0 Å². The molecule has 0 amide bonds. The van der Waals surface area contributed by atoms with E-state index in [1.54, 1.807) is 0 Å². The molecule has 0 aliphatic rings. The van der Waals surface area contributed by atoms with Crippen molar-refractivity contribution in [1.29, 1.82) is 0 Å². The Bertz CT molecular complexity index is 1170. The number of rotatable bonds is 11. The summed E-state index contributed by atoms with van der Waals surface area (Å²) in [6.45, 7) is -2.88. The van der Waals surface area contributed by atoms with Gasteiger partial charge in [0.25, 0.3) is 0 Å². The average molecular weight is 670 g/mol. The summed E-state index contributed by atoms with van der Waals surface area (Å²) in [5.74, 6) is 0. The van der Waals surface area contributed by atoms with E-state index >= 15 is 0 Å². The molecular formula is C22H20F12O6P2. The van der Waals surface area contributed by atoms with E-state index in [-0.39, 0.29) is 24.3 Å². The molecule has 2 aromatic rings. The lowest BCUT2D eigenvalue weighted by atomic mass is 10.1. The Morgan fingerprint density at radius 1 is 0.500 bits per heavy atom. The van der Waals surface area contributed by atoms with Crippen LogP contribution in [0.15, 0.2) is 36.4 Å². The van der Waals surface area contributed by atoms with Crippen LogP contribution in [0.4, 0.5) is 52.7 Å². The number of halogens is 12. The Kier molecular flexibility index (Phi) is 11.1. The molecule has 0 radical (unpaired) electrons. The minimum absolute atomic E-state index is 0.201. The third-order valence-electron chi connectivity index (χ3n) is 5.44. The monoisotopic (exact) mass is 670 g/mol. The minimum Gasteiger partial charge on any atom is -0.378 e. The smallest absolute Gasteiger partial charge is 0.378 e. The lowest BCUT2D eigenvalue weighted by Crippen LogP contribution is -2.29. The zero-order valence-electron chi connectivity index (χ0n) is 20.7. The van der Waals surface area contributed by atoms with Crippen LogP contribution >= 0.6 is 14.7 Å². The number of benzene rings is 2. The first-order chi connectivity index (χ1) is 18.9. The normalized spacial score (nSPS) is 16.2. The summed E-state index contributed by atoms with van der Waals surface area (Å²) in [5, 5.41) is -3.72. The van der Waals surface area contributed by atoms with Gasteiger partial charge in [-0.3, -0.25) is 9.13 Å². The van der Waals surface area contributed by atoms with Crippen molar-refractivity contribution >= 4 is 25.3 Å². The van der Waals surface area contributed by atoms with Crippen LogP contribution in [-0.2, 0) is 43.3 Å². The lowest BCUT2D eigenvalue weighted by molar-refractivity contribution is -0.143. The first-order valence-electron chi connectivity index (χ1n) is 11.3. The van der Waals surface area contributed by atoms with E-state index in [9.17, 15) is 71.6 Å². The fraction of sp³-hybridized carbons (Fsp3) is 0.455. The highest BCUT2D eigenvalue weighted by Gasteiger charge is 2.47. The van der Waals surface area contributed by atoms with E-state index in [4.69, 9.17) is 9.47 Å². The molecule has 0 heterocycles. The van der Waals surface area contributed by atoms with Crippen LogP contribution in [0.1, 0.15) is 22.3 Å². The first kappa shape index (κ1) is 36.1. The number of ether oxygens (including phenoxy) is 2. The summed E-state index contributed by atoms with van der Waals surface area (Å²) >= 11 is 0. The standard InChI is InChI=1S/C22H20F12O6P2/c23-19(24,25)13-3-1-4-14(20(26,27)28)17(13)41(35,36)11-9-39-7-8-40-10-12-42(37,38)18-15(21(29,30)31)5-2-6-16(18)22(32,33)34/h1-6H,7-12H2,(H,35,36)(H,37,38). The van der Waals surface area contributed by atoms with Gasteiger partial charge in [-0.1, -0.05) is 12.1 Å². The summed E-state index contributed by atoms with van der Waals surface area (Å²) in [4.78, 5) is 20.2. The highest BCUT2D eigenvalue weighted by atomic mass is 31.2. The number of alkyl halides is 12. The fourth-order valence-electron chi connectivity index (χ4n) is 3.68. The van der Waals surface area contributed by atoms with Crippen LogP contribution in [-0.4, -0.2) is 48.5 Å². The molecule has 0 aromatic heterocycles. The lowest BCUT2D eigenvalue weighted by Gasteiger charge is -2.22. The molecule has 2 unspecified atom stereocenters. The van der Waals surface area contributed by atoms with Crippen LogP contribution in [0.2, 0.25) is 0 Å². The maximum atomic E-state index is 13.3. The molecule has 2 atom stereocenters. The second-order valence-electron chi connectivity index (χ2n) is 8.47. The van der Waals surface area contributed by atoms with Gasteiger partial charge in [0, 0.05) is 0 Å². The third kappa shape index (κ3) is 9.20. The summed E-state index contributed by atoms with van der Waals surface area (Å²) in [5.41, 5.74) is -7.89. The summed E-state index contributed by atoms with van der Waals surface area (Å²) in [6, 6.07) is 1.64. The molecule has 0 saturated carbocycles. The minimum atomic E-state index is -5.41. The number of hydrogen-bond acceptors (Lipinski definition) is 4. The Balaban J connectivity index is 2.01. The van der Waals surface area contributed by atoms with Crippen molar-refractivity contribution in [2.75, 3.05) is 38.8 Å². The Hall–Kier alpha value is -2.10. The van der Waals surface area contributed by atoms with Gasteiger partial charge < -0.3 is 19.3 Å². The Morgan fingerprint density at radius 3 is 0.952 bits per heavy atom. The fourth-order valence-corrected chi connectivity index (χ4v) is 7.19. The van der Waals surface area contributed by atoms with Crippen LogP contribution in [0.25, 0.3) is 0 Å². The van der Waals surface area contributed by atoms with Crippen molar-refractivity contribution < 1.29 is 81.1 Å². The second-order valence-corrected chi connectivity index (χ2v) is 13.1. The van der Waals surface area contributed by atoms with Crippen molar-refractivity contribution in [2.45, 2.75) is 24.7 Å². The van der Waals surface area contributed by atoms with Gasteiger partial charge in [0.2, 0.25) is 14.7 Å². The van der Waals surface area contributed by atoms with Crippen molar-refractivity contribution in [2.24, 2.45) is 0 Å². The zero-order valence-corrected chi connectivity index (χ0v) is 22.5. The molecule has 0 aliphatic carbocycles. The summed E-state index contributed by atoms with van der Waals surface area (Å²) < 4.78 is 194. The van der Waals surface area contributed by atoms with Crippen LogP contribution in [0.5, 0.6) is 0 Å². The van der Waals surface area contributed by atoms with E-state index in [2.05, 4.69) is 0 Å². The maximum Gasteiger partial charge on any atom is 0.417 e. The van der Waals surface area contributed by atoms with E-state index in [1.165, 1.54) is 0 Å². The van der Waals surface area contributed by atoms with Gasteiger partial charge in [0.1, 0.15) is 0 Å². The molecule has 2 aromatic carbocycles. The molecule has 0 spiro atoms. The van der Waals surface area contributed by atoms with Gasteiger partial charge in [0.05, 0.1) is 71.6 Å². The largest absolute Gasteiger partial charge is 0.417 e. The molecule has 2 N–H and O–H groups in total. The van der Waals surface area contributed by atoms with E-state index in [1.807, 2.05) is 0 Å². The molecule has 0 aliphatic heterocycles. The predicted octanol–water partition coefficient (Wildman–Crippen LogP) is 6.29. The third-order valence-corrected chi connectivity index (χ3v) is 9.38. The molecular weight excluding hydrogens is 650 g/mol. The topological polar surface area (TPSA) is 93.1 Å². The van der Waals surface area contributed by atoms with Crippen molar-refractivity contribution in [3.05, 3.63) is 58.7 Å². The van der Waals surface area contributed by atoms with Gasteiger partial charge in [-0.15, -0.1) is 0 Å². The van der Waals surface area contributed by atoms with Crippen LogP contribution in [0, 0.1) is 0 Å². The van der Waals surface area contributed by atoms with E-state index in [0.29, 0.717) is 12.1 Å². The van der Waals surface area contributed by atoms with Gasteiger partial charge in [-0.05, 0) is 24.3 Å². The number of hydrogen-bond donors (Lipinski definition) is 2. The van der Waals surface area contributed by atoms with E-state index in [0.717, 1.165) is 0 Å². The zero-order chi connectivity index (χ0) is 32.4. The molecule has 0 saturated heterocycles. The molecule has 20 heteroatoms. The first-order valence-corrected chi connectivity index (χ1v) is 14.9. The van der Waals surface area contributed by atoms with Gasteiger partial charge >= 0.3 is 24.7 Å². The van der Waals surface area contributed by atoms with Gasteiger partial charge in [-0.25, -0.2) is 0 Å². The Morgan fingerprint density at radius 2 is 0.738 bits per heavy atom. The molecule has 238 valence electrons. The van der Waals surface area contributed by atoms with Crippen LogP contribution < -0.4 is 10.6 Å². The summed E-state index contributed by atoms with van der Waals surface area (Å²) in [6.07, 6.45) is -24.0. The van der Waals surface area contributed by atoms with Crippen molar-refractivity contribution in [3.8, 4) is 0 Å². The SMILES string of the molecule is O=P(O)(CCOCCOCCP(=O)(O)c1c(C(F)(F)F)cccc1C(F)(F)F)c1c(C(F)(F)F)cccc1C(F)(F)F.